The van der Waals surface area contributed by atoms with E-state index in [1.165, 1.54) is 6.20 Å². The lowest BCUT2D eigenvalue weighted by molar-refractivity contribution is 0.598. The molecule has 0 radical (unpaired) electrons. The lowest BCUT2D eigenvalue weighted by atomic mass is 10.2. The fourth-order valence-corrected chi connectivity index (χ4v) is 3.50. The SMILES string of the molecule is CCNc1cccnc1S(=O)(=O)Nc1cc(C)ccc1Br. The molecule has 1 aromatic heterocycles. The van der Waals surface area contributed by atoms with Crippen LogP contribution < -0.4 is 10.0 Å². The van der Waals surface area contributed by atoms with Crippen molar-refractivity contribution in [2.45, 2.75) is 18.9 Å². The van der Waals surface area contributed by atoms with E-state index < -0.39 is 10.0 Å². The minimum atomic E-state index is -3.76. The second-order valence-electron chi connectivity index (χ2n) is 4.48. The molecule has 0 saturated carbocycles. The molecule has 2 N–H and O–H groups in total. The number of rotatable bonds is 5. The third-order valence-electron chi connectivity index (χ3n) is 2.76. The van der Waals surface area contributed by atoms with Crippen molar-refractivity contribution in [1.29, 1.82) is 0 Å². The number of sulfonamides is 1. The predicted octanol–water partition coefficient (Wildman–Crippen LogP) is 3.39. The number of pyridine rings is 1. The Morgan fingerprint density at radius 3 is 2.71 bits per heavy atom. The Morgan fingerprint density at radius 1 is 1.24 bits per heavy atom. The number of halogens is 1. The van der Waals surface area contributed by atoms with Gasteiger partial charge in [0.25, 0.3) is 10.0 Å². The Hall–Kier alpha value is -1.60. The zero-order valence-corrected chi connectivity index (χ0v) is 14.1. The van der Waals surface area contributed by atoms with Crippen molar-refractivity contribution in [3.8, 4) is 0 Å². The van der Waals surface area contributed by atoms with E-state index in [1.54, 1.807) is 24.3 Å². The number of nitrogens with one attached hydrogen (secondary N) is 2. The van der Waals surface area contributed by atoms with Crippen LogP contribution in [-0.4, -0.2) is 19.9 Å². The predicted molar refractivity (Wildman–Crippen MR) is 88.1 cm³/mol. The molecule has 112 valence electrons. The van der Waals surface area contributed by atoms with E-state index in [4.69, 9.17) is 0 Å². The second-order valence-corrected chi connectivity index (χ2v) is 6.93. The van der Waals surface area contributed by atoms with Crippen LogP contribution in [0.15, 0.2) is 46.0 Å². The lowest BCUT2D eigenvalue weighted by Gasteiger charge is -2.13. The van der Waals surface area contributed by atoms with Crippen molar-refractivity contribution in [2.24, 2.45) is 0 Å². The molecule has 0 atom stereocenters. The molecule has 2 aromatic rings. The zero-order chi connectivity index (χ0) is 15.5. The summed E-state index contributed by atoms with van der Waals surface area (Å²) >= 11 is 3.34. The summed E-state index contributed by atoms with van der Waals surface area (Å²) in [6, 6.07) is 8.84. The first-order chi connectivity index (χ1) is 9.94. The Morgan fingerprint density at radius 2 is 2.00 bits per heavy atom. The van der Waals surface area contributed by atoms with E-state index in [0.717, 1.165) is 5.56 Å². The van der Waals surface area contributed by atoms with Gasteiger partial charge in [-0.15, -0.1) is 0 Å². The maximum absolute atomic E-state index is 12.5. The number of aromatic nitrogens is 1. The summed E-state index contributed by atoms with van der Waals surface area (Å²) in [5, 5.41) is 2.99. The van der Waals surface area contributed by atoms with Crippen LogP contribution in [0.4, 0.5) is 11.4 Å². The van der Waals surface area contributed by atoms with Gasteiger partial charge < -0.3 is 5.32 Å². The van der Waals surface area contributed by atoms with Crippen LogP contribution in [0.25, 0.3) is 0 Å². The molecule has 0 aliphatic rings. The van der Waals surface area contributed by atoms with Gasteiger partial charge in [0.15, 0.2) is 5.03 Å². The molecule has 0 aliphatic carbocycles. The summed E-state index contributed by atoms with van der Waals surface area (Å²) in [6.07, 6.45) is 1.46. The van der Waals surface area contributed by atoms with E-state index in [2.05, 4.69) is 31.0 Å². The Balaban J connectivity index is 2.41. The third kappa shape index (κ3) is 3.74. The third-order valence-corrected chi connectivity index (χ3v) is 4.77. The van der Waals surface area contributed by atoms with Crippen LogP contribution in [0.5, 0.6) is 0 Å². The lowest BCUT2D eigenvalue weighted by Crippen LogP contribution is -2.17. The van der Waals surface area contributed by atoms with Gasteiger partial charge >= 0.3 is 0 Å². The highest BCUT2D eigenvalue weighted by molar-refractivity contribution is 9.10. The van der Waals surface area contributed by atoms with E-state index in [0.29, 0.717) is 22.4 Å². The molecule has 0 aliphatic heterocycles. The summed E-state index contributed by atoms with van der Waals surface area (Å²) in [4.78, 5) is 3.99. The molecule has 1 heterocycles. The highest BCUT2D eigenvalue weighted by atomic mass is 79.9. The van der Waals surface area contributed by atoms with Crippen molar-refractivity contribution in [1.82, 2.24) is 4.98 Å². The number of benzene rings is 1. The van der Waals surface area contributed by atoms with Crippen LogP contribution in [-0.2, 0) is 10.0 Å². The number of hydrogen-bond acceptors (Lipinski definition) is 4. The average Bonchev–Trinajstić information content (AvgIpc) is 2.43. The highest BCUT2D eigenvalue weighted by Gasteiger charge is 2.21. The summed E-state index contributed by atoms with van der Waals surface area (Å²) < 4.78 is 28.3. The molecule has 21 heavy (non-hydrogen) atoms. The van der Waals surface area contributed by atoms with Crippen LogP contribution in [0.2, 0.25) is 0 Å². The number of aryl methyl sites for hydroxylation is 1. The molecule has 0 bridgehead atoms. The Kier molecular flexibility index (Phi) is 4.84. The second kappa shape index (κ2) is 6.44. The zero-order valence-electron chi connectivity index (χ0n) is 11.7. The summed E-state index contributed by atoms with van der Waals surface area (Å²) in [6.45, 7) is 4.41. The molecular weight excluding hydrogens is 354 g/mol. The topological polar surface area (TPSA) is 71.1 Å². The van der Waals surface area contributed by atoms with E-state index >= 15 is 0 Å². The molecule has 0 amide bonds. The molecule has 5 nitrogen and oxygen atoms in total. The van der Waals surface area contributed by atoms with Crippen LogP contribution in [0, 0.1) is 6.92 Å². The maximum Gasteiger partial charge on any atom is 0.281 e. The van der Waals surface area contributed by atoms with E-state index in [9.17, 15) is 8.42 Å². The standard InChI is InChI=1S/C14H16BrN3O2S/c1-3-16-12-5-4-8-17-14(12)21(19,20)18-13-9-10(2)6-7-11(13)15/h4-9,16,18H,3H2,1-2H3. The highest BCUT2D eigenvalue weighted by Crippen LogP contribution is 2.27. The number of nitrogens with zero attached hydrogens (tertiary/aromatic N) is 1. The number of hydrogen-bond donors (Lipinski definition) is 2. The van der Waals surface area contributed by atoms with Crippen molar-refractivity contribution in [3.63, 3.8) is 0 Å². The summed E-state index contributed by atoms with van der Waals surface area (Å²) in [5.74, 6) is 0. The quantitative estimate of drug-likeness (QED) is 0.847. The van der Waals surface area contributed by atoms with Crippen molar-refractivity contribution in [3.05, 3.63) is 46.6 Å². The van der Waals surface area contributed by atoms with Gasteiger partial charge in [-0.05, 0) is 59.6 Å². The number of anilines is 2. The van der Waals surface area contributed by atoms with Gasteiger partial charge in [0.2, 0.25) is 0 Å². The van der Waals surface area contributed by atoms with Gasteiger partial charge in [-0.25, -0.2) is 4.98 Å². The maximum atomic E-state index is 12.5. The smallest absolute Gasteiger partial charge is 0.281 e. The Bertz CT molecular complexity index is 748. The summed E-state index contributed by atoms with van der Waals surface area (Å²) in [7, 11) is -3.76. The first-order valence-electron chi connectivity index (χ1n) is 6.42. The van der Waals surface area contributed by atoms with Gasteiger partial charge in [0.05, 0.1) is 11.4 Å². The fraction of sp³-hybridized carbons (Fsp3) is 0.214. The molecule has 0 spiro atoms. The van der Waals surface area contributed by atoms with Crippen molar-refractivity contribution in [2.75, 3.05) is 16.6 Å². The monoisotopic (exact) mass is 369 g/mol. The first-order valence-corrected chi connectivity index (χ1v) is 8.69. The minimum absolute atomic E-state index is 0.0137. The van der Waals surface area contributed by atoms with Crippen LogP contribution in [0.1, 0.15) is 12.5 Å². The van der Waals surface area contributed by atoms with Crippen LogP contribution >= 0.6 is 15.9 Å². The van der Waals surface area contributed by atoms with E-state index in [1.807, 2.05) is 19.9 Å². The van der Waals surface area contributed by atoms with Gasteiger partial charge in [-0.3, -0.25) is 4.72 Å². The molecular formula is C14H16BrN3O2S. The summed E-state index contributed by atoms with van der Waals surface area (Å²) in [5.41, 5.74) is 1.93. The minimum Gasteiger partial charge on any atom is -0.383 e. The molecule has 0 fully saturated rings. The average molecular weight is 370 g/mol. The molecule has 1 aromatic carbocycles. The largest absolute Gasteiger partial charge is 0.383 e. The van der Waals surface area contributed by atoms with Crippen molar-refractivity contribution < 1.29 is 8.42 Å². The first kappa shape index (κ1) is 15.8. The fourth-order valence-electron chi connectivity index (χ4n) is 1.84. The molecule has 7 heteroatoms. The molecule has 0 unspecified atom stereocenters. The van der Waals surface area contributed by atoms with Gasteiger partial charge in [-0.1, -0.05) is 6.07 Å². The van der Waals surface area contributed by atoms with Gasteiger partial charge in [-0.2, -0.15) is 8.42 Å². The van der Waals surface area contributed by atoms with Crippen molar-refractivity contribution >= 4 is 37.3 Å². The van der Waals surface area contributed by atoms with Crippen LogP contribution in [0.3, 0.4) is 0 Å². The van der Waals surface area contributed by atoms with Gasteiger partial charge in [0, 0.05) is 17.2 Å². The molecule has 2 rings (SSSR count). The van der Waals surface area contributed by atoms with Gasteiger partial charge in [0.1, 0.15) is 0 Å². The Labute approximate surface area is 133 Å². The molecule has 0 saturated heterocycles. The van der Waals surface area contributed by atoms with E-state index in [-0.39, 0.29) is 5.03 Å². The normalized spacial score (nSPS) is 11.2.